The number of halogens is 1. The van der Waals surface area contributed by atoms with Crippen LogP contribution >= 0.6 is 11.3 Å². The Morgan fingerprint density at radius 1 is 1.27 bits per heavy atom. The molecule has 0 saturated carbocycles. The van der Waals surface area contributed by atoms with Crippen molar-refractivity contribution in [1.29, 1.82) is 0 Å². The van der Waals surface area contributed by atoms with Crippen LogP contribution in [0.1, 0.15) is 18.5 Å². The van der Waals surface area contributed by atoms with Crippen molar-refractivity contribution >= 4 is 11.3 Å². The van der Waals surface area contributed by atoms with Gasteiger partial charge in [0.05, 0.1) is 5.69 Å². The first-order valence-electron chi connectivity index (χ1n) is 7.80. The van der Waals surface area contributed by atoms with E-state index >= 15 is 0 Å². The lowest BCUT2D eigenvalue weighted by Gasteiger charge is -2.28. The predicted octanol–water partition coefficient (Wildman–Crippen LogP) is 3.38. The summed E-state index contributed by atoms with van der Waals surface area (Å²) >= 11 is 1.61. The third-order valence-corrected chi connectivity index (χ3v) is 5.16. The molecule has 1 saturated heterocycles. The maximum absolute atomic E-state index is 12.9. The monoisotopic (exact) mass is 319 g/mol. The molecule has 1 aromatic carbocycles. The number of aromatic nitrogens is 1. The van der Waals surface area contributed by atoms with Gasteiger partial charge in [-0.1, -0.05) is 0 Å². The van der Waals surface area contributed by atoms with E-state index in [1.807, 2.05) is 0 Å². The quantitative estimate of drug-likeness (QED) is 0.916. The SMILES string of the molecule is CN1CCC(CNCc2csc(-c3ccc(F)cc3)n2)CC1. The fraction of sp³-hybridized carbons (Fsp3) is 0.471. The van der Waals surface area contributed by atoms with E-state index in [0.29, 0.717) is 0 Å². The van der Waals surface area contributed by atoms with Gasteiger partial charge < -0.3 is 10.2 Å². The van der Waals surface area contributed by atoms with Gasteiger partial charge in [-0.2, -0.15) is 0 Å². The summed E-state index contributed by atoms with van der Waals surface area (Å²) in [6.07, 6.45) is 2.56. The van der Waals surface area contributed by atoms with E-state index in [1.54, 1.807) is 23.5 Å². The highest BCUT2D eigenvalue weighted by Crippen LogP contribution is 2.24. The summed E-state index contributed by atoms with van der Waals surface area (Å²) in [4.78, 5) is 7.02. The van der Waals surface area contributed by atoms with Crippen LogP contribution in [0, 0.1) is 11.7 Å². The van der Waals surface area contributed by atoms with Gasteiger partial charge >= 0.3 is 0 Å². The van der Waals surface area contributed by atoms with Gasteiger partial charge in [0.15, 0.2) is 0 Å². The largest absolute Gasteiger partial charge is 0.311 e. The zero-order chi connectivity index (χ0) is 15.4. The van der Waals surface area contributed by atoms with Crippen LogP contribution in [0.15, 0.2) is 29.6 Å². The molecule has 0 spiro atoms. The van der Waals surface area contributed by atoms with Crippen molar-refractivity contribution in [2.45, 2.75) is 19.4 Å². The first-order valence-corrected chi connectivity index (χ1v) is 8.68. The molecule has 3 nitrogen and oxygen atoms in total. The Hall–Kier alpha value is -1.30. The van der Waals surface area contributed by atoms with Gasteiger partial charge in [0.1, 0.15) is 10.8 Å². The fourth-order valence-electron chi connectivity index (χ4n) is 2.78. The number of hydrogen-bond acceptors (Lipinski definition) is 4. The van der Waals surface area contributed by atoms with Crippen LogP contribution in [0.2, 0.25) is 0 Å². The van der Waals surface area contributed by atoms with Gasteiger partial charge in [-0.15, -0.1) is 11.3 Å². The zero-order valence-corrected chi connectivity index (χ0v) is 13.7. The third-order valence-electron chi connectivity index (χ3n) is 4.22. The van der Waals surface area contributed by atoms with Crippen molar-refractivity contribution in [1.82, 2.24) is 15.2 Å². The smallest absolute Gasteiger partial charge is 0.123 e. The number of thiazole rings is 1. The van der Waals surface area contributed by atoms with Crippen molar-refractivity contribution in [3.05, 3.63) is 41.2 Å². The second-order valence-corrected chi connectivity index (χ2v) is 6.89. The molecule has 0 bridgehead atoms. The van der Waals surface area contributed by atoms with Gasteiger partial charge in [-0.3, -0.25) is 0 Å². The average molecular weight is 319 g/mol. The molecule has 1 aliphatic heterocycles. The topological polar surface area (TPSA) is 28.2 Å². The molecule has 5 heteroatoms. The molecule has 22 heavy (non-hydrogen) atoms. The lowest BCUT2D eigenvalue weighted by molar-refractivity contribution is 0.216. The molecule has 0 radical (unpaired) electrons. The predicted molar refractivity (Wildman–Crippen MR) is 89.4 cm³/mol. The van der Waals surface area contributed by atoms with E-state index in [2.05, 4.69) is 27.6 Å². The van der Waals surface area contributed by atoms with Crippen molar-refractivity contribution in [3.8, 4) is 10.6 Å². The maximum Gasteiger partial charge on any atom is 0.123 e. The summed E-state index contributed by atoms with van der Waals surface area (Å²) in [6, 6.07) is 6.53. The van der Waals surface area contributed by atoms with E-state index in [-0.39, 0.29) is 5.82 Å². The van der Waals surface area contributed by atoms with Crippen molar-refractivity contribution in [2.75, 3.05) is 26.7 Å². The summed E-state index contributed by atoms with van der Waals surface area (Å²) in [6.45, 7) is 4.29. The Morgan fingerprint density at radius 3 is 2.73 bits per heavy atom. The number of rotatable bonds is 5. The standard InChI is InChI=1S/C17H22FN3S/c1-21-8-6-13(7-9-21)10-19-11-16-12-22-17(20-16)14-2-4-15(18)5-3-14/h2-5,12-13,19H,6-11H2,1H3. The molecule has 0 aliphatic carbocycles. The second-order valence-electron chi connectivity index (χ2n) is 6.03. The van der Waals surface area contributed by atoms with E-state index in [0.717, 1.165) is 35.3 Å². The second kappa shape index (κ2) is 7.31. The lowest BCUT2D eigenvalue weighted by Crippen LogP contribution is -2.34. The number of nitrogens with zero attached hydrogens (tertiary/aromatic N) is 2. The van der Waals surface area contributed by atoms with Crippen molar-refractivity contribution < 1.29 is 4.39 Å². The maximum atomic E-state index is 12.9. The highest BCUT2D eigenvalue weighted by molar-refractivity contribution is 7.13. The molecular formula is C17H22FN3S. The number of benzene rings is 1. The molecule has 3 rings (SSSR count). The number of hydrogen-bond donors (Lipinski definition) is 1. The summed E-state index contributed by atoms with van der Waals surface area (Å²) in [5.41, 5.74) is 2.05. The van der Waals surface area contributed by atoms with Crippen LogP contribution in [0.4, 0.5) is 4.39 Å². The van der Waals surface area contributed by atoms with Crippen molar-refractivity contribution in [3.63, 3.8) is 0 Å². The van der Waals surface area contributed by atoms with Gasteiger partial charge in [-0.05, 0) is 69.7 Å². The summed E-state index contributed by atoms with van der Waals surface area (Å²) < 4.78 is 12.9. The highest BCUT2D eigenvalue weighted by atomic mass is 32.1. The molecule has 0 amide bonds. The lowest BCUT2D eigenvalue weighted by atomic mass is 9.97. The molecule has 1 fully saturated rings. The summed E-state index contributed by atoms with van der Waals surface area (Å²) in [5.74, 6) is 0.576. The Balaban J connectivity index is 1.48. The zero-order valence-electron chi connectivity index (χ0n) is 12.9. The van der Waals surface area contributed by atoms with Gasteiger partial charge in [0, 0.05) is 17.5 Å². The third kappa shape index (κ3) is 4.12. The molecule has 2 heterocycles. The Kier molecular flexibility index (Phi) is 5.18. The van der Waals surface area contributed by atoms with Crippen LogP contribution in [0.3, 0.4) is 0 Å². The minimum atomic E-state index is -0.208. The molecule has 0 unspecified atom stereocenters. The van der Waals surface area contributed by atoms with E-state index < -0.39 is 0 Å². The number of nitrogens with one attached hydrogen (secondary N) is 1. The van der Waals surface area contributed by atoms with Gasteiger partial charge in [-0.25, -0.2) is 9.37 Å². The Labute approximate surface area is 135 Å². The molecule has 2 aromatic rings. The first kappa shape index (κ1) is 15.6. The van der Waals surface area contributed by atoms with Crippen LogP contribution in [-0.2, 0) is 6.54 Å². The van der Waals surface area contributed by atoms with Crippen LogP contribution in [0.25, 0.3) is 10.6 Å². The normalized spacial score (nSPS) is 17.0. The van der Waals surface area contributed by atoms with E-state index in [1.165, 1.54) is 38.1 Å². The minimum absolute atomic E-state index is 0.208. The molecule has 1 aliphatic rings. The molecule has 118 valence electrons. The van der Waals surface area contributed by atoms with E-state index in [4.69, 9.17) is 0 Å². The van der Waals surface area contributed by atoms with E-state index in [9.17, 15) is 4.39 Å². The van der Waals surface area contributed by atoms with Gasteiger partial charge in [0.25, 0.3) is 0 Å². The molecule has 0 atom stereocenters. The average Bonchev–Trinajstić information content (AvgIpc) is 2.99. The van der Waals surface area contributed by atoms with Gasteiger partial charge in [0.2, 0.25) is 0 Å². The summed E-state index contributed by atoms with van der Waals surface area (Å²) in [7, 11) is 2.19. The van der Waals surface area contributed by atoms with Crippen LogP contribution < -0.4 is 5.32 Å². The fourth-order valence-corrected chi connectivity index (χ4v) is 3.61. The number of likely N-dealkylation sites (tertiary alicyclic amines) is 1. The summed E-state index contributed by atoms with van der Waals surface area (Å²) in [5, 5.41) is 6.56. The van der Waals surface area contributed by atoms with Crippen LogP contribution in [-0.4, -0.2) is 36.6 Å². The number of piperidine rings is 1. The Bertz CT molecular complexity index is 588. The molecule has 1 N–H and O–H groups in total. The Morgan fingerprint density at radius 2 is 2.00 bits per heavy atom. The minimum Gasteiger partial charge on any atom is -0.311 e. The molecule has 1 aromatic heterocycles. The highest BCUT2D eigenvalue weighted by Gasteiger charge is 2.16. The van der Waals surface area contributed by atoms with Crippen LogP contribution in [0.5, 0.6) is 0 Å². The molecular weight excluding hydrogens is 297 g/mol. The first-order chi connectivity index (χ1) is 10.7. The van der Waals surface area contributed by atoms with Crippen molar-refractivity contribution in [2.24, 2.45) is 5.92 Å².